The molecule has 7 aromatic rings. The molecule has 0 saturated heterocycles. The van der Waals surface area contributed by atoms with Gasteiger partial charge in [0.2, 0.25) is 0 Å². The molecule has 0 spiro atoms. The summed E-state index contributed by atoms with van der Waals surface area (Å²) < 4.78 is 5.81. The van der Waals surface area contributed by atoms with E-state index in [1.807, 2.05) is 0 Å². The number of benzene rings is 7. The molecule has 0 aliphatic heterocycles. The van der Waals surface area contributed by atoms with Gasteiger partial charge in [-0.3, -0.25) is 0 Å². The van der Waals surface area contributed by atoms with Crippen molar-refractivity contribution >= 4 is 22.6 Å². The van der Waals surface area contributed by atoms with Gasteiger partial charge in [-0.05, 0) is 99.0 Å². The minimum atomic E-state index is 0.923. The Labute approximate surface area is 301 Å². The van der Waals surface area contributed by atoms with Crippen LogP contribution in [0.25, 0.3) is 50.1 Å². The smallest absolute Gasteiger partial charge is 0.104 e. The Bertz CT molecular complexity index is 2300. The number of allylic oxidation sites excluding steroid dienone is 4. The molecule has 8 rings (SSSR count). The molecule has 0 saturated carbocycles. The second kappa shape index (κ2) is 14.6. The number of nitrogens with zero attached hydrogens (tertiary/aromatic N) is 1. The van der Waals surface area contributed by atoms with Crippen molar-refractivity contribution in [1.29, 1.82) is 0 Å². The Morgan fingerprint density at radius 3 is 1.55 bits per heavy atom. The van der Waals surface area contributed by atoms with Crippen LogP contribution in [-0.2, 0) is 4.74 Å². The third-order valence-electron chi connectivity index (χ3n) is 9.67. The molecule has 0 fully saturated rings. The Hall–Kier alpha value is -6.38. The maximum atomic E-state index is 5.81. The average Bonchev–Trinajstić information content (AvgIpc) is 3.22. The van der Waals surface area contributed by atoms with Gasteiger partial charge in [0.15, 0.2) is 0 Å². The molecule has 0 amide bonds. The van der Waals surface area contributed by atoms with Crippen LogP contribution in [0.1, 0.15) is 18.4 Å². The first-order valence-corrected chi connectivity index (χ1v) is 17.6. The van der Waals surface area contributed by atoms with Gasteiger partial charge < -0.3 is 9.64 Å². The highest BCUT2D eigenvalue weighted by Crippen LogP contribution is 2.41. The maximum absolute atomic E-state index is 5.81. The average molecular weight is 658 g/mol. The zero-order chi connectivity index (χ0) is 34.4. The highest BCUT2D eigenvalue weighted by Gasteiger charge is 2.17. The molecule has 51 heavy (non-hydrogen) atoms. The number of ether oxygens (including phenoxy) is 1. The minimum absolute atomic E-state index is 0.923. The van der Waals surface area contributed by atoms with Crippen LogP contribution in [0.3, 0.4) is 0 Å². The number of methoxy groups -OCH3 is 1. The summed E-state index contributed by atoms with van der Waals surface area (Å²) >= 11 is 0. The van der Waals surface area contributed by atoms with E-state index in [4.69, 9.17) is 4.74 Å². The van der Waals surface area contributed by atoms with E-state index < -0.39 is 0 Å². The molecule has 1 aliphatic carbocycles. The summed E-state index contributed by atoms with van der Waals surface area (Å²) in [5.74, 6) is 1.04. The number of hydrogen-bond donors (Lipinski definition) is 0. The number of hydrogen-bond acceptors (Lipinski definition) is 2. The van der Waals surface area contributed by atoms with Gasteiger partial charge in [0.05, 0.1) is 7.11 Å². The van der Waals surface area contributed by atoms with Crippen LogP contribution in [0, 0.1) is 0 Å². The summed E-state index contributed by atoms with van der Waals surface area (Å²) in [6.45, 7) is 0. The van der Waals surface area contributed by atoms with Crippen molar-refractivity contribution in [3.05, 3.63) is 205 Å². The Balaban J connectivity index is 1.21. The van der Waals surface area contributed by atoms with Gasteiger partial charge in [0.25, 0.3) is 0 Å². The molecule has 0 aromatic heterocycles. The van der Waals surface area contributed by atoms with Crippen molar-refractivity contribution in [3.63, 3.8) is 0 Å². The molecule has 1 aliphatic rings. The van der Waals surface area contributed by atoms with Crippen LogP contribution < -0.4 is 4.90 Å². The second-order valence-electron chi connectivity index (χ2n) is 12.8. The van der Waals surface area contributed by atoms with Crippen molar-refractivity contribution in [2.24, 2.45) is 0 Å². The van der Waals surface area contributed by atoms with E-state index in [0.29, 0.717) is 0 Å². The normalized spacial score (nSPS) is 12.5. The summed E-state index contributed by atoms with van der Waals surface area (Å²) in [7, 11) is 1.78. The fraction of sp³-hybridized carbons (Fsp3) is 0.0612. The summed E-state index contributed by atoms with van der Waals surface area (Å²) in [6, 6.07) is 65.3. The molecule has 2 nitrogen and oxygen atoms in total. The van der Waals surface area contributed by atoms with Crippen LogP contribution in [-0.4, -0.2) is 7.11 Å². The first-order chi connectivity index (χ1) is 25.2. The van der Waals surface area contributed by atoms with Gasteiger partial charge in [0.1, 0.15) is 5.76 Å². The molecule has 0 atom stereocenters. The molecular formula is C49H39NO. The van der Waals surface area contributed by atoms with E-state index in [1.54, 1.807) is 7.11 Å². The van der Waals surface area contributed by atoms with Crippen molar-refractivity contribution in [2.45, 2.75) is 12.8 Å². The van der Waals surface area contributed by atoms with Gasteiger partial charge >= 0.3 is 0 Å². The standard InChI is InChI=1S/C49H39NO/c1-51-49-23-12-11-22-47(49)42-28-33-46(48(35-42)39-18-9-4-10-19-39)40-26-31-44(32-27-40)50(43-29-24-38(25-30-43)36-14-5-2-6-15-36)45-21-13-20-41(34-45)37-16-7-3-8-17-37/h2-11,13-22,24-35H,12,23H2,1H3. The zero-order valence-electron chi connectivity index (χ0n) is 28.7. The number of anilines is 3. The highest BCUT2D eigenvalue weighted by molar-refractivity contribution is 5.89. The van der Waals surface area contributed by atoms with Crippen molar-refractivity contribution in [2.75, 3.05) is 12.0 Å². The lowest BCUT2D eigenvalue weighted by Crippen LogP contribution is -2.10. The van der Waals surface area contributed by atoms with Crippen LogP contribution >= 0.6 is 0 Å². The zero-order valence-corrected chi connectivity index (χ0v) is 28.7. The fourth-order valence-electron chi connectivity index (χ4n) is 7.06. The quantitative estimate of drug-likeness (QED) is 0.153. The topological polar surface area (TPSA) is 12.5 Å². The first kappa shape index (κ1) is 31.9. The van der Waals surface area contributed by atoms with Gasteiger partial charge in [0, 0.05) is 29.1 Å². The van der Waals surface area contributed by atoms with Crippen LogP contribution in [0.4, 0.5) is 17.1 Å². The largest absolute Gasteiger partial charge is 0.500 e. The van der Waals surface area contributed by atoms with E-state index >= 15 is 0 Å². The predicted molar refractivity (Wildman–Crippen MR) is 215 cm³/mol. The summed E-state index contributed by atoms with van der Waals surface area (Å²) in [5, 5.41) is 0. The molecule has 246 valence electrons. The molecule has 7 aromatic carbocycles. The van der Waals surface area contributed by atoms with Crippen LogP contribution in [0.2, 0.25) is 0 Å². The summed E-state index contributed by atoms with van der Waals surface area (Å²) in [5.41, 5.74) is 15.2. The SMILES string of the molecule is COC1=C(c2ccc(-c3ccc(N(c4ccc(-c5ccccc5)cc4)c4cccc(-c5ccccc5)c4)cc3)c(-c3ccccc3)c2)C=CCC1. The predicted octanol–water partition coefficient (Wildman–Crippen LogP) is 13.5. The second-order valence-corrected chi connectivity index (χ2v) is 12.8. The summed E-state index contributed by atoms with van der Waals surface area (Å²) in [6.07, 6.45) is 6.37. The molecule has 2 heteroatoms. The van der Waals surface area contributed by atoms with Gasteiger partial charge in [-0.15, -0.1) is 0 Å². The van der Waals surface area contributed by atoms with E-state index in [9.17, 15) is 0 Å². The Kier molecular flexibility index (Phi) is 9.13. The Morgan fingerprint density at radius 1 is 0.412 bits per heavy atom. The first-order valence-electron chi connectivity index (χ1n) is 17.6. The fourth-order valence-corrected chi connectivity index (χ4v) is 7.06. The number of rotatable bonds is 9. The molecule has 0 radical (unpaired) electrons. The third-order valence-corrected chi connectivity index (χ3v) is 9.67. The summed E-state index contributed by atoms with van der Waals surface area (Å²) in [4.78, 5) is 2.35. The van der Waals surface area contributed by atoms with Crippen LogP contribution in [0.5, 0.6) is 0 Å². The van der Waals surface area contributed by atoms with Gasteiger partial charge in [-0.2, -0.15) is 0 Å². The molecule has 0 heterocycles. The highest BCUT2D eigenvalue weighted by atomic mass is 16.5. The van der Waals surface area contributed by atoms with Crippen molar-refractivity contribution in [1.82, 2.24) is 0 Å². The molecule has 0 unspecified atom stereocenters. The van der Waals surface area contributed by atoms with Crippen LogP contribution in [0.15, 0.2) is 200 Å². The Morgan fingerprint density at radius 2 is 0.922 bits per heavy atom. The van der Waals surface area contributed by atoms with Gasteiger partial charge in [-0.25, -0.2) is 0 Å². The molecular weight excluding hydrogens is 619 g/mol. The molecule has 0 bridgehead atoms. The van der Waals surface area contributed by atoms with Crippen molar-refractivity contribution < 1.29 is 4.74 Å². The maximum Gasteiger partial charge on any atom is 0.104 e. The van der Waals surface area contributed by atoms with Gasteiger partial charge in [-0.1, -0.05) is 152 Å². The van der Waals surface area contributed by atoms with E-state index in [1.165, 1.54) is 50.1 Å². The lowest BCUT2D eigenvalue weighted by atomic mass is 9.89. The minimum Gasteiger partial charge on any atom is -0.500 e. The van der Waals surface area contributed by atoms with E-state index in [0.717, 1.165) is 41.2 Å². The molecule has 0 N–H and O–H groups in total. The lowest BCUT2D eigenvalue weighted by Gasteiger charge is -2.26. The third kappa shape index (κ3) is 6.77. The van der Waals surface area contributed by atoms with E-state index in [2.05, 4.69) is 199 Å². The monoisotopic (exact) mass is 657 g/mol. The lowest BCUT2D eigenvalue weighted by molar-refractivity contribution is 0.279. The van der Waals surface area contributed by atoms with Crippen molar-refractivity contribution in [3.8, 4) is 44.5 Å². The van der Waals surface area contributed by atoms with E-state index in [-0.39, 0.29) is 0 Å².